The second-order valence-electron chi connectivity index (χ2n) is 8.67. The lowest BCUT2D eigenvalue weighted by atomic mass is 9.79. The molecule has 4 nitrogen and oxygen atoms in total. The standard InChI is InChI=1S/C27H21O.CHF3O3S/c1-2-10-20(11-3-1)25-23-16-14-18-8-4-6-12-21(18)26(23)28-27-22-13-7-5-9-19(22)15-17-24(25)27;2-1(3,4)8(5,6)7/h1-13H,14-17H2;(H,5,6,7)/q+1;/p-1. The Morgan fingerprint density at radius 1 is 0.667 bits per heavy atom. The number of fused-ring (bicyclic) bond motifs is 6. The van der Waals surface area contributed by atoms with Gasteiger partial charge in [0.2, 0.25) is 0 Å². The molecule has 2 aliphatic carbocycles. The van der Waals surface area contributed by atoms with E-state index in [0.717, 1.165) is 37.2 Å². The van der Waals surface area contributed by atoms with E-state index in [2.05, 4.69) is 78.9 Å². The third kappa shape index (κ3) is 4.42. The first-order valence-electron chi connectivity index (χ1n) is 11.4. The topological polar surface area (TPSA) is 68.5 Å². The summed E-state index contributed by atoms with van der Waals surface area (Å²) < 4.78 is 65.6. The zero-order valence-electron chi connectivity index (χ0n) is 19.0. The molecule has 6 rings (SSSR count). The SMILES string of the molecule is O=S(=O)([O-])C(F)(F)F.c1ccc(-c2c3c([o+]c4c2CCc2ccccc2-4)-c2ccccc2CC3)cc1. The molecule has 184 valence electrons. The Labute approximate surface area is 206 Å². The van der Waals surface area contributed by atoms with Gasteiger partial charge in [-0.25, -0.2) is 12.8 Å². The van der Waals surface area contributed by atoms with Crippen molar-refractivity contribution in [1.29, 1.82) is 0 Å². The zero-order chi connectivity index (χ0) is 25.5. The minimum absolute atomic E-state index is 1.04. The van der Waals surface area contributed by atoms with Gasteiger partial charge in [-0.05, 0) is 54.5 Å². The Balaban J connectivity index is 0.000000292. The van der Waals surface area contributed by atoms with E-state index < -0.39 is 15.6 Å². The van der Waals surface area contributed by atoms with Crippen molar-refractivity contribution >= 4 is 10.1 Å². The third-order valence-electron chi connectivity index (χ3n) is 6.51. The number of hydrogen-bond donors (Lipinski definition) is 0. The number of halogens is 3. The molecule has 0 bridgehead atoms. The summed E-state index contributed by atoms with van der Waals surface area (Å²) >= 11 is 0. The van der Waals surface area contributed by atoms with Crippen molar-refractivity contribution in [2.75, 3.05) is 0 Å². The van der Waals surface area contributed by atoms with E-state index in [1.807, 2.05) is 0 Å². The van der Waals surface area contributed by atoms with Gasteiger partial charge < -0.3 is 4.55 Å². The van der Waals surface area contributed by atoms with Crippen LogP contribution in [-0.4, -0.2) is 18.5 Å². The van der Waals surface area contributed by atoms with Crippen LogP contribution in [0.2, 0.25) is 0 Å². The molecule has 0 aliphatic heterocycles. The van der Waals surface area contributed by atoms with Crippen LogP contribution < -0.4 is 0 Å². The molecule has 2 aliphatic rings. The van der Waals surface area contributed by atoms with Gasteiger partial charge in [-0.1, -0.05) is 66.7 Å². The molecule has 1 aromatic heterocycles. The monoisotopic (exact) mass is 510 g/mol. The average Bonchev–Trinajstić information content (AvgIpc) is 2.87. The molecule has 0 spiro atoms. The van der Waals surface area contributed by atoms with Crippen molar-refractivity contribution in [3.63, 3.8) is 0 Å². The summed E-state index contributed by atoms with van der Waals surface area (Å²) in [6.45, 7) is 0. The molecule has 0 fully saturated rings. The van der Waals surface area contributed by atoms with Crippen molar-refractivity contribution in [2.24, 2.45) is 0 Å². The normalized spacial score (nSPS) is 13.9. The van der Waals surface area contributed by atoms with Crippen LogP contribution in [0.4, 0.5) is 13.2 Å². The molecule has 0 N–H and O–H groups in total. The maximum atomic E-state index is 10.7. The molecule has 3 aromatic carbocycles. The maximum absolute atomic E-state index is 10.7. The van der Waals surface area contributed by atoms with Gasteiger partial charge in [-0.15, -0.1) is 0 Å². The van der Waals surface area contributed by atoms with Gasteiger partial charge in [-0.2, -0.15) is 13.2 Å². The fourth-order valence-electron chi connectivity index (χ4n) is 4.94. The first-order chi connectivity index (χ1) is 17.1. The summed E-state index contributed by atoms with van der Waals surface area (Å²) in [6, 6.07) is 28.3. The summed E-state index contributed by atoms with van der Waals surface area (Å²) in [5.41, 5.74) is 5.12. The minimum Gasteiger partial charge on any atom is -0.741 e. The second kappa shape index (κ2) is 9.19. The molecule has 0 unspecified atom stereocenters. The summed E-state index contributed by atoms with van der Waals surface area (Å²) in [6.07, 6.45) is 4.23. The number of hydrogen-bond acceptors (Lipinski definition) is 3. The molecule has 0 atom stereocenters. The molecule has 0 saturated carbocycles. The second-order valence-corrected chi connectivity index (χ2v) is 10.0. The zero-order valence-corrected chi connectivity index (χ0v) is 19.8. The van der Waals surface area contributed by atoms with Crippen LogP contribution in [0.15, 0.2) is 83.3 Å². The predicted octanol–water partition coefficient (Wildman–Crippen LogP) is 6.81. The minimum atomic E-state index is -6.09. The predicted molar refractivity (Wildman–Crippen MR) is 130 cm³/mol. The van der Waals surface area contributed by atoms with Crippen molar-refractivity contribution in [3.05, 3.63) is 101 Å². The Hall–Kier alpha value is -3.49. The fourth-order valence-corrected chi connectivity index (χ4v) is 4.94. The van der Waals surface area contributed by atoms with Gasteiger partial charge in [0.05, 0.1) is 22.3 Å². The van der Waals surface area contributed by atoms with Gasteiger partial charge in [0.25, 0.3) is 0 Å². The van der Waals surface area contributed by atoms with E-state index in [1.54, 1.807) is 0 Å². The molecule has 0 amide bonds. The Kier molecular flexibility index (Phi) is 6.18. The number of alkyl halides is 3. The van der Waals surface area contributed by atoms with E-state index in [9.17, 15) is 13.2 Å². The Bertz CT molecular complexity index is 1470. The van der Waals surface area contributed by atoms with Gasteiger partial charge in [-0.3, -0.25) is 0 Å². The highest BCUT2D eigenvalue weighted by Crippen LogP contribution is 2.47. The number of aryl methyl sites for hydroxylation is 2. The van der Waals surface area contributed by atoms with Crippen molar-refractivity contribution in [2.45, 2.75) is 31.2 Å². The summed E-state index contributed by atoms with van der Waals surface area (Å²) in [5.74, 6) is 2.13. The maximum Gasteiger partial charge on any atom is 0.485 e. The summed E-state index contributed by atoms with van der Waals surface area (Å²) in [4.78, 5) is 0. The van der Waals surface area contributed by atoms with Crippen LogP contribution in [0.5, 0.6) is 0 Å². The van der Waals surface area contributed by atoms with Crippen LogP contribution in [-0.2, 0) is 35.8 Å². The molecular weight excluding hydrogens is 489 g/mol. The van der Waals surface area contributed by atoms with Crippen molar-refractivity contribution in [3.8, 4) is 33.8 Å². The first kappa shape index (κ1) is 24.2. The van der Waals surface area contributed by atoms with Gasteiger partial charge in [0.15, 0.2) is 10.1 Å². The van der Waals surface area contributed by atoms with Crippen LogP contribution in [0.25, 0.3) is 33.8 Å². The van der Waals surface area contributed by atoms with E-state index in [0.29, 0.717) is 0 Å². The third-order valence-corrected chi connectivity index (χ3v) is 7.08. The molecule has 0 radical (unpaired) electrons. The lowest BCUT2D eigenvalue weighted by molar-refractivity contribution is -0.0517. The highest BCUT2D eigenvalue weighted by molar-refractivity contribution is 7.86. The lowest BCUT2D eigenvalue weighted by Crippen LogP contribution is -2.21. The Morgan fingerprint density at radius 2 is 1.08 bits per heavy atom. The smallest absolute Gasteiger partial charge is 0.485 e. The molecule has 36 heavy (non-hydrogen) atoms. The highest BCUT2D eigenvalue weighted by Gasteiger charge is 2.38. The lowest BCUT2D eigenvalue weighted by Gasteiger charge is -2.22. The van der Waals surface area contributed by atoms with Crippen LogP contribution in [0.3, 0.4) is 0 Å². The van der Waals surface area contributed by atoms with E-state index in [4.69, 9.17) is 17.4 Å². The van der Waals surface area contributed by atoms with Gasteiger partial charge in [0, 0.05) is 5.56 Å². The van der Waals surface area contributed by atoms with E-state index >= 15 is 0 Å². The van der Waals surface area contributed by atoms with Crippen LogP contribution in [0.1, 0.15) is 22.3 Å². The van der Waals surface area contributed by atoms with Crippen molar-refractivity contribution < 1.29 is 30.6 Å². The molecule has 0 saturated heterocycles. The van der Waals surface area contributed by atoms with Gasteiger partial charge >= 0.3 is 17.0 Å². The van der Waals surface area contributed by atoms with Gasteiger partial charge in [0.1, 0.15) is 0 Å². The molecule has 4 aromatic rings. The van der Waals surface area contributed by atoms with Crippen LogP contribution >= 0.6 is 0 Å². The van der Waals surface area contributed by atoms with E-state index in [-0.39, 0.29) is 0 Å². The fraction of sp³-hybridized carbons (Fsp3) is 0.179. The highest BCUT2D eigenvalue weighted by atomic mass is 32.2. The molecule has 1 heterocycles. The molecular formula is C28H21F3O4S. The van der Waals surface area contributed by atoms with E-state index in [1.165, 1.54) is 44.5 Å². The number of benzene rings is 3. The largest absolute Gasteiger partial charge is 0.741 e. The average molecular weight is 511 g/mol. The molecule has 8 heteroatoms. The van der Waals surface area contributed by atoms with Crippen LogP contribution in [0, 0.1) is 0 Å². The summed E-state index contributed by atoms with van der Waals surface area (Å²) in [7, 11) is -6.09. The summed E-state index contributed by atoms with van der Waals surface area (Å²) in [5, 5.41) is 0. The van der Waals surface area contributed by atoms with Crippen molar-refractivity contribution in [1.82, 2.24) is 0 Å². The Morgan fingerprint density at radius 3 is 1.53 bits per heavy atom. The quantitative estimate of drug-likeness (QED) is 0.160. The number of rotatable bonds is 1. The first-order valence-corrected chi connectivity index (χ1v) is 12.8.